The topological polar surface area (TPSA) is 76.4 Å². The summed E-state index contributed by atoms with van der Waals surface area (Å²) in [5, 5.41) is 9.17. The van der Waals surface area contributed by atoms with Crippen LogP contribution in [-0.4, -0.2) is 24.3 Å². The van der Waals surface area contributed by atoms with Crippen LogP contribution < -0.4 is 15.4 Å². The van der Waals surface area contributed by atoms with Gasteiger partial charge in [-0.2, -0.15) is 0 Å². The molecule has 2 rings (SSSR count). The van der Waals surface area contributed by atoms with Gasteiger partial charge in [0.15, 0.2) is 5.76 Å². The Hall–Kier alpha value is -2.50. The van der Waals surface area contributed by atoms with Crippen molar-refractivity contribution in [3.05, 3.63) is 47.3 Å². The van der Waals surface area contributed by atoms with Gasteiger partial charge in [-0.15, -0.1) is 0 Å². The predicted octanol–water partition coefficient (Wildman–Crippen LogP) is 2.98. The Bertz CT molecular complexity index is 620. The molecule has 0 atom stereocenters. The van der Waals surface area contributed by atoms with Gasteiger partial charge in [0.1, 0.15) is 12.4 Å². The minimum absolute atomic E-state index is 0.266. The first-order valence-corrected chi connectivity index (χ1v) is 7.71. The molecule has 2 amide bonds. The lowest BCUT2D eigenvalue weighted by molar-refractivity contribution is 0.234. The van der Waals surface area contributed by atoms with Crippen LogP contribution in [-0.2, 0) is 6.54 Å². The van der Waals surface area contributed by atoms with E-state index >= 15 is 0 Å². The van der Waals surface area contributed by atoms with Gasteiger partial charge in [0.05, 0.1) is 18.8 Å². The third kappa shape index (κ3) is 5.65. The fourth-order valence-electron chi connectivity index (χ4n) is 2.01. The van der Waals surface area contributed by atoms with Gasteiger partial charge in [-0.3, -0.25) is 0 Å². The number of aromatic nitrogens is 1. The van der Waals surface area contributed by atoms with E-state index in [9.17, 15) is 4.79 Å². The van der Waals surface area contributed by atoms with Crippen molar-refractivity contribution in [2.45, 2.75) is 33.2 Å². The van der Waals surface area contributed by atoms with Gasteiger partial charge in [-0.25, -0.2) is 4.79 Å². The fourth-order valence-corrected chi connectivity index (χ4v) is 2.01. The van der Waals surface area contributed by atoms with Crippen LogP contribution in [0.1, 0.15) is 36.8 Å². The van der Waals surface area contributed by atoms with Crippen LogP contribution >= 0.6 is 0 Å². The molecule has 0 saturated heterocycles. The molecule has 2 N–H and O–H groups in total. The van der Waals surface area contributed by atoms with Gasteiger partial charge in [0.25, 0.3) is 0 Å². The molecule has 1 heterocycles. The van der Waals surface area contributed by atoms with Crippen molar-refractivity contribution in [3.63, 3.8) is 0 Å². The summed E-state index contributed by atoms with van der Waals surface area (Å²) in [7, 11) is 0. The monoisotopic (exact) mass is 317 g/mol. The van der Waals surface area contributed by atoms with E-state index in [-0.39, 0.29) is 6.03 Å². The van der Waals surface area contributed by atoms with Gasteiger partial charge in [-0.1, -0.05) is 31.1 Å². The minimum Gasteiger partial charge on any atom is -0.492 e. The molecule has 0 aliphatic heterocycles. The van der Waals surface area contributed by atoms with E-state index in [2.05, 4.69) is 41.8 Å². The third-order valence-corrected chi connectivity index (χ3v) is 3.30. The van der Waals surface area contributed by atoms with Crippen molar-refractivity contribution in [1.82, 2.24) is 15.8 Å². The molecule has 124 valence electrons. The Morgan fingerprint density at radius 1 is 1.26 bits per heavy atom. The maximum atomic E-state index is 11.6. The molecular weight excluding hydrogens is 294 g/mol. The molecule has 0 saturated carbocycles. The lowest BCUT2D eigenvalue weighted by Gasteiger charge is -2.10. The summed E-state index contributed by atoms with van der Waals surface area (Å²) in [6.45, 7) is 7.28. The largest absolute Gasteiger partial charge is 0.492 e. The summed E-state index contributed by atoms with van der Waals surface area (Å²) < 4.78 is 10.6. The van der Waals surface area contributed by atoms with Gasteiger partial charge >= 0.3 is 6.03 Å². The Labute approximate surface area is 136 Å². The van der Waals surface area contributed by atoms with Gasteiger partial charge in [0.2, 0.25) is 0 Å². The Kier molecular flexibility index (Phi) is 6.02. The van der Waals surface area contributed by atoms with Crippen LogP contribution in [0.15, 0.2) is 34.9 Å². The van der Waals surface area contributed by atoms with Gasteiger partial charge in [-0.05, 0) is 30.5 Å². The van der Waals surface area contributed by atoms with E-state index in [1.807, 2.05) is 19.1 Å². The number of rotatable bonds is 7. The molecule has 2 aromatic rings. The minimum atomic E-state index is -0.266. The molecular formula is C17H23N3O3. The van der Waals surface area contributed by atoms with E-state index < -0.39 is 0 Å². The van der Waals surface area contributed by atoms with Crippen molar-refractivity contribution in [1.29, 1.82) is 0 Å². The number of nitrogens with zero attached hydrogens (tertiary/aromatic N) is 1. The first kappa shape index (κ1) is 16.9. The highest BCUT2D eigenvalue weighted by Crippen LogP contribution is 2.18. The number of nitrogens with one attached hydrogen (secondary N) is 2. The van der Waals surface area contributed by atoms with Gasteiger partial charge in [0, 0.05) is 6.07 Å². The second-order valence-corrected chi connectivity index (χ2v) is 5.62. The summed E-state index contributed by atoms with van der Waals surface area (Å²) in [4.78, 5) is 11.6. The zero-order valence-corrected chi connectivity index (χ0v) is 13.8. The Balaban J connectivity index is 1.61. The normalized spacial score (nSPS) is 10.6. The molecule has 0 unspecified atom stereocenters. The highest BCUT2D eigenvalue weighted by atomic mass is 16.5. The summed E-state index contributed by atoms with van der Waals surface area (Å²) in [6.07, 6.45) is 0. The lowest BCUT2D eigenvalue weighted by Crippen LogP contribution is -2.37. The average Bonchev–Trinajstić information content (AvgIpc) is 2.95. The molecule has 0 radical (unpaired) electrons. The number of carbonyl (C=O) groups is 1. The van der Waals surface area contributed by atoms with Gasteiger partial charge < -0.3 is 19.9 Å². The molecule has 6 heteroatoms. The van der Waals surface area contributed by atoms with Crippen LogP contribution in [0.3, 0.4) is 0 Å². The standard InChI is InChI=1S/C17H23N3O3/c1-12(2)14-4-6-15(7-5-14)22-9-8-18-17(21)19-11-16-10-13(3)20-23-16/h4-7,10,12H,8-9,11H2,1-3H3,(H2,18,19,21). The van der Waals surface area contributed by atoms with Crippen molar-refractivity contribution in [2.24, 2.45) is 0 Å². The number of aryl methyl sites for hydroxylation is 1. The molecule has 0 bridgehead atoms. The van der Waals surface area contributed by atoms with E-state index in [4.69, 9.17) is 9.26 Å². The summed E-state index contributed by atoms with van der Waals surface area (Å²) in [5.74, 6) is 1.93. The lowest BCUT2D eigenvalue weighted by atomic mass is 10.0. The van der Waals surface area contributed by atoms with E-state index in [1.54, 1.807) is 6.07 Å². The van der Waals surface area contributed by atoms with Crippen LogP contribution in [0.25, 0.3) is 0 Å². The maximum absolute atomic E-state index is 11.6. The van der Waals surface area contributed by atoms with Crippen molar-refractivity contribution >= 4 is 6.03 Å². The number of hydrogen-bond donors (Lipinski definition) is 2. The zero-order chi connectivity index (χ0) is 16.7. The molecule has 1 aromatic carbocycles. The maximum Gasteiger partial charge on any atom is 0.315 e. The molecule has 0 fully saturated rings. The Morgan fingerprint density at radius 2 is 2.00 bits per heavy atom. The van der Waals surface area contributed by atoms with Crippen LogP contribution in [0, 0.1) is 6.92 Å². The summed E-state index contributed by atoms with van der Waals surface area (Å²) in [6, 6.07) is 9.52. The number of amides is 2. The zero-order valence-electron chi connectivity index (χ0n) is 13.8. The fraction of sp³-hybridized carbons (Fsp3) is 0.412. The molecule has 0 spiro atoms. The van der Waals surface area contributed by atoms with Crippen LogP contribution in [0.4, 0.5) is 4.79 Å². The first-order chi connectivity index (χ1) is 11.0. The number of ether oxygens (including phenoxy) is 1. The van der Waals surface area contributed by atoms with E-state index in [1.165, 1.54) is 5.56 Å². The predicted molar refractivity (Wildman–Crippen MR) is 87.5 cm³/mol. The van der Waals surface area contributed by atoms with E-state index in [0.29, 0.717) is 31.4 Å². The molecule has 0 aliphatic rings. The smallest absolute Gasteiger partial charge is 0.315 e. The van der Waals surface area contributed by atoms with Crippen LogP contribution in [0.2, 0.25) is 0 Å². The molecule has 1 aromatic heterocycles. The number of urea groups is 1. The molecule has 6 nitrogen and oxygen atoms in total. The first-order valence-electron chi connectivity index (χ1n) is 7.71. The highest BCUT2D eigenvalue weighted by Gasteiger charge is 2.04. The SMILES string of the molecule is Cc1cc(CNC(=O)NCCOc2ccc(C(C)C)cc2)on1. The van der Waals surface area contributed by atoms with Crippen molar-refractivity contribution in [2.75, 3.05) is 13.2 Å². The van der Waals surface area contributed by atoms with Crippen molar-refractivity contribution in [3.8, 4) is 5.75 Å². The van der Waals surface area contributed by atoms with E-state index in [0.717, 1.165) is 11.4 Å². The number of benzene rings is 1. The summed E-state index contributed by atoms with van der Waals surface area (Å²) >= 11 is 0. The molecule has 0 aliphatic carbocycles. The van der Waals surface area contributed by atoms with Crippen molar-refractivity contribution < 1.29 is 14.1 Å². The quantitative estimate of drug-likeness (QED) is 0.770. The highest BCUT2D eigenvalue weighted by molar-refractivity contribution is 5.73. The second kappa shape index (κ2) is 8.22. The molecule has 23 heavy (non-hydrogen) atoms. The Morgan fingerprint density at radius 3 is 2.61 bits per heavy atom. The third-order valence-electron chi connectivity index (χ3n) is 3.30. The second-order valence-electron chi connectivity index (χ2n) is 5.62. The summed E-state index contributed by atoms with van der Waals surface area (Å²) in [5.41, 5.74) is 2.07. The number of hydrogen-bond acceptors (Lipinski definition) is 4. The number of carbonyl (C=O) groups excluding carboxylic acids is 1. The van der Waals surface area contributed by atoms with Crippen LogP contribution in [0.5, 0.6) is 5.75 Å². The average molecular weight is 317 g/mol.